The molecular weight excluding hydrogens is 503 g/mol. The molecular formula is C29H35FN4O5. The number of fused-ring (bicyclic) bond motifs is 1. The zero-order valence-corrected chi connectivity index (χ0v) is 22.2. The Kier molecular flexibility index (Phi) is 9.29. The highest BCUT2D eigenvalue weighted by atomic mass is 19.1. The molecule has 39 heavy (non-hydrogen) atoms. The first-order chi connectivity index (χ1) is 18.7. The van der Waals surface area contributed by atoms with Crippen molar-refractivity contribution in [3.8, 4) is 5.75 Å². The van der Waals surface area contributed by atoms with Gasteiger partial charge in [0.2, 0.25) is 5.91 Å². The number of aliphatic hydroxyl groups excluding tert-OH is 1. The molecule has 1 aromatic carbocycles. The molecule has 10 heteroatoms. The molecule has 3 heterocycles. The molecule has 3 aromatic rings. The zero-order chi connectivity index (χ0) is 27.9. The largest absolute Gasteiger partial charge is 0.505 e. The first kappa shape index (κ1) is 28.2. The molecule has 2 amide bonds. The summed E-state index contributed by atoms with van der Waals surface area (Å²) in [6.07, 6.45) is 5.51. The van der Waals surface area contributed by atoms with Crippen LogP contribution in [0.2, 0.25) is 0 Å². The number of carbonyl (C=O) groups is 2. The maximum absolute atomic E-state index is 13.6. The smallest absolute Gasteiger partial charge is 0.267 e. The maximum atomic E-state index is 13.6. The molecule has 1 unspecified atom stereocenters. The minimum atomic E-state index is -0.742. The van der Waals surface area contributed by atoms with Gasteiger partial charge in [-0.1, -0.05) is 18.6 Å². The Morgan fingerprint density at radius 1 is 1.13 bits per heavy atom. The van der Waals surface area contributed by atoms with E-state index in [2.05, 4.69) is 10.3 Å². The fourth-order valence-electron chi connectivity index (χ4n) is 4.89. The standard InChI is InChI=1S/C29H35FN4O5/c1-19(35)11-12-31-28(38)25-27(37)26-23(17-21(18-32-26)16-20-7-9-22(30)10-8-20)34(29(25)39)15-5-14-33-13-4-2-3-6-24(33)36/h7-10,17-19,35,37H,2-6,11-16H2,1H3,(H,31,38). The number of rotatable bonds is 10. The summed E-state index contributed by atoms with van der Waals surface area (Å²) in [5.74, 6) is -1.47. The number of hydrogen-bond donors (Lipinski definition) is 3. The first-order valence-corrected chi connectivity index (χ1v) is 13.5. The monoisotopic (exact) mass is 538 g/mol. The number of aliphatic hydroxyl groups is 1. The lowest BCUT2D eigenvalue weighted by molar-refractivity contribution is -0.130. The van der Waals surface area contributed by atoms with Crippen LogP contribution in [-0.4, -0.2) is 62.2 Å². The first-order valence-electron chi connectivity index (χ1n) is 13.5. The van der Waals surface area contributed by atoms with Crippen LogP contribution in [-0.2, 0) is 17.8 Å². The van der Waals surface area contributed by atoms with E-state index in [0.29, 0.717) is 44.3 Å². The average Bonchev–Trinajstić information content (AvgIpc) is 3.11. The molecule has 1 atom stereocenters. The van der Waals surface area contributed by atoms with Gasteiger partial charge in [0.05, 0.1) is 11.6 Å². The van der Waals surface area contributed by atoms with Crippen LogP contribution in [0, 0.1) is 5.82 Å². The van der Waals surface area contributed by atoms with Crippen LogP contribution in [0.15, 0.2) is 41.3 Å². The number of aryl methyl sites for hydroxylation is 1. The summed E-state index contributed by atoms with van der Waals surface area (Å²) in [6.45, 7) is 3.11. The Balaban J connectivity index is 1.68. The van der Waals surface area contributed by atoms with E-state index in [1.54, 1.807) is 31.3 Å². The number of nitrogens with zero attached hydrogens (tertiary/aromatic N) is 3. The van der Waals surface area contributed by atoms with Crippen molar-refractivity contribution in [3.63, 3.8) is 0 Å². The number of pyridine rings is 2. The Morgan fingerprint density at radius 2 is 1.90 bits per heavy atom. The van der Waals surface area contributed by atoms with Crippen LogP contribution in [0.25, 0.3) is 11.0 Å². The Labute approximate surface area is 226 Å². The van der Waals surface area contributed by atoms with Crippen molar-refractivity contribution in [2.45, 2.75) is 64.5 Å². The van der Waals surface area contributed by atoms with E-state index >= 15 is 0 Å². The lowest BCUT2D eigenvalue weighted by Crippen LogP contribution is -2.36. The summed E-state index contributed by atoms with van der Waals surface area (Å²) in [5.41, 5.74) is 1.03. The maximum Gasteiger partial charge on any atom is 0.267 e. The molecule has 9 nitrogen and oxygen atoms in total. The summed E-state index contributed by atoms with van der Waals surface area (Å²) in [4.78, 5) is 45.2. The molecule has 1 aliphatic rings. The summed E-state index contributed by atoms with van der Waals surface area (Å²) in [7, 11) is 0. The third kappa shape index (κ3) is 7.00. The fraction of sp³-hybridized carbons (Fsp3) is 0.448. The minimum absolute atomic E-state index is 0.108. The van der Waals surface area contributed by atoms with Crippen LogP contribution in [0.1, 0.15) is 66.9 Å². The number of carbonyl (C=O) groups excluding carboxylic acids is 2. The third-order valence-electron chi connectivity index (χ3n) is 7.01. The van der Waals surface area contributed by atoms with E-state index < -0.39 is 28.9 Å². The second kappa shape index (κ2) is 12.8. The molecule has 208 valence electrons. The summed E-state index contributed by atoms with van der Waals surface area (Å²) < 4.78 is 14.8. The number of hydrogen-bond acceptors (Lipinski definition) is 6. The van der Waals surface area contributed by atoms with Gasteiger partial charge in [0, 0.05) is 38.8 Å². The van der Waals surface area contributed by atoms with Crippen molar-refractivity contribution in [1.29, 1.82) is 0 Å². The SMILES string of the molecule is CC(O)CCNC(=O)c1c(O)c2ncc(Cc3ccc(F)cc3)cc2n(CCCN2CCCCCC2=O)c1=O. The molecule has 3 N–H and O–H groups in total. The predicted octanol–water partition coefficient (Wildman–Crippen LogP) is 3.13. The molecule has 2 aromatic heterocycles. The molecule has 4 rings (SSSR count). The summed E-state index contributed by atoms with van der Waals surface area (Å²) in [5, 5.41) is 23.0. The van der Waals surface area contributed by atoms with Gasteiger partial charge in [-0.3, -0.25) is 19.4 Å². The molecule has 1 fully saturated rings. The topological polar surface area (TPSA) is 125 Å². The van der Waals surface area contributed by atoms with Gasteiger partial charge in [0.25, 0.3) is 11.5 Å². The van der Waals surface area contributed by atoms with Crippen molar-refractivity contribution >= 4 is 22.8 Å². The highest BCUT2D eigenvalue weighted by Gasteiger charge is 2.24. The van der Waals surface area contributed by atoms with Crippen LogP contribution in [0.3, 0.4) is 0 Å². The van der Waals surface area contributed by atoms with E-state index in [4.69, 9.17) is 0 Å². The second-order valence-corrected chi connectivity index (χ2v) is 10.1. The van der Waals surface area contributed by atoms with E-state index in [1.807, 2.05) is 4.90 Å². The van der Waals surface area contributed by atoms with Gasteiger partial charge in [0.1, 0.15) is 16.9 Å². The molecule has 0 saturated carbocycles. The normalized spacial score (nSPS) is 14.8. The molecule has 1 aliphatic heterocycles. The number of aromatic nitrogens is 2. The van der Waals surface area contributed by atoms with Gasteiger partial charge >= 0.3 is 0 Å². The lowest BCUT2D eigenvalue weighted by atomic mass is 10.1. The molecule has 0 aliphatic carbocycles. The molecule has 0 radical (unpaired) electrons. The fourth-order valence-corrected chi connectivity index (χ4v) is 4.89. The lowest BCUT2D eigenvalue weighted by Gasteiger charge is -2.21. The van der Waals surface area contributed by atoms with Crippen LogP contribution < -0.4 is 10.9 Å². The number of amides is 2. The van der Waals surface area contributed by atoms with Crippen molar-refractivity contribution in [2.75, 3.05) is 19.6 Å². The minimum Gasteiger partial charge on any atom is -0.505 e. The van der Waals surface area contributed by atoms with Gasteiger partial charge in [0.15, 0.2) is 5.75 Å². The second-order valence-electron chi connectivity index (χ2n) is 10.1. The predicted molar refractivity (Wildman–Crippen MR) is 145 cm³/mol. The highest BCUT2D eigenvalue weighted by molar-refractivity contribution is 6.01. The van der Waals surface area contributed by atoms with E-state index in [-0.39, 0.29) is 30.3 Å². The van der Waals surface area contributed by atoms with Crippen molar-refractivity contribution in [3.05, 3.63) is 69.4 Å². The number of benzene rings is 1. The quantitative estimate of drug-likeness (QED) is 0.364. The van der Waals surface area contributed by atoms with E-state index in [1.165, 1.54) is 16.7 Å². The van der Waals surface area contributed by atoms with E-state index in [0.717, 1.165) is 30.4 Å². The number of likely N-dealkylation sites (tertiary alicyclic amines) is 1. The highest BCUT2D eigenvalue weighted by Crippen LogP contribution is 2.26. The number of aromatic hydroxyl groups is 1. The molecule has 0 bridgehead atoms. The Morgan fingerprint density at radius 3 is 2.64 bits per heavy atom. The zero-order valence-electron chi connectivity index (χ0n) is 22.2. The molecule has 0 spiro atoms. The average molecular weight is 539 g/mol. The Hall–Kier alpha value is -3.79. The van der Waals surface area contributed by atoms with Crippen molar-refractivity contribution in [1.82, 2.24) is 19.8 Å². The van der Waals surface area contributed by atoms with E-state index in [9.17, 15) is 29.0 Å². The van der Waals surface area contributed by atoms with Gasteiger partial charge in [-0.2, -0.15) is 0 Å². The van der Waals surface area contributed by atoms with Gasteiger partial charge in [-0.05, 0) is 68.4 Å². The van der Waals surface area contributed by atoms with Crippen molar-refractivity contribution < 1.29 is 24.2 Å². The number of nitrogens with one attached hydrogen (secondary N) is 1. The Bertz CT molecular complexity index is 1390. The van der Waals surface area contributed by atoms with Crippen LogP contribution >= 0.6 is 0 Å². The number of halogens is 1. The van der Waals surface area contributed by atoms with Gasteiger partial charge in [-0.15, -0.1) is 0 Å². The third-order valence-corrected chi connectivity index (χ3v) is 7.01. The van der Waals surface area contributed by atoms with Crippen LogP contribution in [0.5, 0.6) is 5.75 Å². The summed E-state index contributed by atoms with van der Waals surface area (Å²) in [6, 6.07) is 7.83. The van der Waals surface area contributed by atoms with Gasteiger partial charge < -0.3 is 25.0 Å². The van der Waals surface area contributed by atoms with Gasteiger partial charge in [-0.25, -0.2) is 4.39 Å². The summed E-state index contributed by atoms with van der Waals surface area (Å²) >= 11 is 0. The van der Waals surface area contributed by atoms with Crippen LogP contribution in [0.4, 0.5) is 4.39 Å². The molecule has 1 saturated heterocycles. The van der Waals surface area contributed by atoms with Crippen molar-refractivity contribution in [2.24, 2.45) is 0 Å².